The van der Waals surface area contributed by atoms with Crippen LogP contribution in [0.5, 0.6) is 0 Å². The predicted molar refractivity (Wildman–Crippen MR) is 65.2 cm³/mol. The summed E-state index contributed by atoms with van der Waals surface area (Å²) in [5.74, 6) is -0.424. The molecular formula is C15H11F2N. The summed E-state index contributed by atoms with van der Waals surface area (Å²) >= 11 is 0. The minimum atomic E-state index is -1.42. The lowest BCUT2D eigenvalue weighted by atomic mass is 10.00. The summed E-state index contributed by atoms with van der Waals surface area (Å²) in [6, 6.07) is 12.5. The van der Waals surface area contributed by atoms with Gasteiger partial charge in [-0.05, 0) is 41.8 Å². The molecule has 0 saturated heterocycles. The quantitative estimate of drug-likeness (QED) is 0.780. The van der Waals surface area contributed by atoms with Crippen molar-refractivity contribution in [1.82, 2.24) is 0 Å². The molecule has 0 aromatic heterocycles. The lowest BCUT2D eigenvalue weighted by Gasteiger charge is -2.10. The van der Waals surface area contributed by atoms with Gasteiger partial charge in [-0.2, -0.15) is 5.26 Å². The van der Waals surface area contributed by atoms with E-state index < -0.39 is 12.0 Å². The molecule has 0 fully saturated rings. The van der Waals surface area contributed by atoms with Gasteiger partial charge in [0.05, 0.1) is 11.6 Å². The maximum absolute atomic E-state index is 14.2. The number of alkyl halides is 1. The van der Waals surface area contributed by atoms with E-state index in [0.717, 1.165) is 0 Å². The number of aryl methyl sites for hydroxylation is 1. The molecule has 2 aromatic carbocycles. The van der Waals surface area contributed by atoms with E-state index in [0.29, 0.717) is 16.7 Å². The largest absolute Gasteiger partial charge is 0.237 e. The van der Waals surface area contributed by atoms with Crippen molar-refractivity contribution < 1.29 is 8.78 Å². The van der Waals surface area contributed by atoms with E-state index in [4.69, 9.17) is 5.26 Å². The number of nitrogens with zero attached hydrogens (tertiary/aromatic N) is 1. The number of hydrogen-bond donors (Lipinski definition) is 0. The van der Waals surface area contributed by atoms with Crippen LogP contribution >= 0.6 is 0 Å². The Hall–Kier alpha value is -2.21. The second-order valence-electron chi connectivity index (χ2n) is 4.11. The Labute approximate surface area is 104 Å². The van der Waals surface area contributed by atoms with Crippen molar-refractivity contribution in [2.45, 2.75) is 13.1 Å². The Balaban J connectivity index is 2.38. The Bertz CT molecular complexity index is 614. The average molecular weight is 243 g/mol. The van der Waals surface area contributed by atoms with Crippen LogP contribution in [0.1, 0.15) is 28.4 Å². The van der Waals surface area contributed by atoms with Gasteiger partial charge in [0.15, 0.2) is 6.17 Å². The summed E-state index contributed by atoms with van der Waals surface area (Å²) in [6.45, 7) is 1.63. The predicted octanol–water partition coefficient (Wildman–Crippen LogP) is 4.06. The van der Waals surface area contributed by atoms with Crippen LogP contribution in [-0.2, 0) is 0 Å². The van der Waals surface area contributed by atoms with Crippen molar-refractivity contribution in [3.05, 3.63) is 70.5 Å². The lowest BCUT2D eigenvalue weighted by Crippen LogP contribution is -1.96. The number of halogens is 2. The van der Waals surface area contributed by atoms with Crippen molar-refractivity contribution >= 4 is 0 Å². The first-order valence-electron chi connectivity index (χ1n) is 5.52. The lowest BCUT2D eigenvalue weighted by molar-refractivity contribution is 0.400. The van der Waals surface area contributed by atoms with Gasteiger partial charge in [0, 0.05) is 0 Å². The van der Waals surface area contributed by atoms with Gasteiger partial charge in [0.2, 0.25) is 0 Å². The smallest absolute Gasteiger partial charge is 0.150 e. The van der Waals surface area contributed by atoms with Gasteiger partial charge in [-0.3, -0.25) is 0 Å². The second kappa shape index (κ2) is 4.97. The van der Waals surface area contributed by atoms with E-state index in [9.17, 15) is 8.78 Å². The van der Waals surface area contributed by atoms with Crippen molar-refractivity contribution in [1.29, 1.82) is 5.26 Å². The normalized spacial score (nSPS) is 11.9. The third-order valence-electron chi connectivity index (χ3n) is 2.80. The molecule has 0 aliphatic rings. The van der Waals surface area contributed by atoms with Gasteiger partial charge in [0.1, 0.15) is 5.82 Å². The van der Waals surface area contributed by atoms with Crippen LogP contribution < -0.4 is 0 Å². The van der Waals surface area contributed by atoms with E-state index in [-0.39, 0.29) is 5.56 Å². The van der Waals surface area contributed by atoms with E-state index in [1.807, 2.05) is 6.07 Å². The maximum Gasteiger partial charge on any atom is 0.150 e. The zero-order valence-corrected chi connectivity index (χ0v) is 9.82. The molecule has 0 amide bonds. The molecule has 1 atom stereocenters. The van der Waals surface area contributed by atoms with Crippen LogP contribution in [0.25, 0.3) is 0 Å². The molecule has 1 nitrogen and oxygen atoms in total. The second-order valence-corrected chi connectivity index (χ2v) is 4.11. The van der Waals surface area contributed by atoms with Crippen molar-refractivity contribution in [3.63, 3.8) is 0 Å². The van der Waals surface area contributed by atoms with Crippen LogP contribution in [0, 0.1) is 24.1 Å². The Kier molecular flexibility index (Phi) is 3.38. The Morgan fingerprint density at radius 2 is 1.83 bits per heavy atom. The highest BCUT2D eigenvalue weighted by Crippen LogP contribution is 2.27. The van der Waals surface area contributed by atoms with Crippen LogP contribution in [-0.4, -0.2) is 0 Å². The molecule has 0 unspecified atom stereocenters. The SMILES string of the molecule is Cc1ccc([C@H](F)c2cccc(C#N)c2)cc1F. The summed E-state index contributed by atoms with van der Waals surface area (Å²) in [4.78, 5) is 0. The fourth-order valence-corrected chi connectivity index (χ4v) is 1.73. The standard InChI is InChI=1S/C15H11F2N/c1-10-5-6-13(8-14(10)16)15(17)12-4-2-3-11(7-12)9-18/h2-8,15H,1H3/t15-/m1/s1. The fourth-order valence-electron chi connectivity index (χ4n) is 1.73. The number of benzene rings is 2. The molecule has 0 radical (unpaired) electrons. The summed E-state index contributed by atoms with van der Waals surface area (Å²) < 4.78 is 27.6. The first-order chi connectivity index (χ1) is 8.61. The number of nitriles is 1. The summed E-state index contributed by atoms with van der Waals surface area (Å²) in [7, 11) is 0. The molecule has 90 valence electrons. The van der Waals surface area contributed by atoms with E-state index in [2.05, 4.69) is 0 Å². The molecule has 0 aliphatic heterocycles. The van der Waals surface area contributed by atoms with Crippen LogP contribution in [0.4, 0.5) is 8.78 Å². The Morgan fingerprint density at radius 3 is 2.50 bits per heavy atom. The topological polar surface area (TPSA) is 23.8 Å². The molecule has 0 heterocycles. The highest BCUT2D eigenvalue weighted by atomic mass is 19.1. The zero-order valence-electron chi connectivity index (χ0n) is 9.82. The van der Waals surface area contributed by atoms with E-state index >= 15 is 0 Å². The first kappa shape index (κ1) is 12.3. The zero-order chi connectivity index (χ0) is 13.1. The first-order valence-corrected chi connectivity index (χ1v) is 5.52. The number of hydrogen-bond acceptors (Lipinski definition) is 1. The molecule has 0 N–H and O–H groups in total. The molecular weight excluding hydrogens is 232 g/mol. The molecule has 0 aliphatic carbocycles. The molecule has 2 aromatic rings. The summed E-state index contributed by atoms with van der Waals surface area (Å²) in [6.07, 6.45) is -1.42. The van der Waals surface area contributed by atoms with Crippen molar-refractivity contribution in [2.75, 3.05) is 0 Å². The van der Waals surface area contributed by atoms with Crippen molar-refractivity contribution in [2.24, 2.45) is 0 Å². The third kappa shape index (κ3) is 2.38. The number of rotatable bonds is 2. The minimum Gasteiger partial charge on any atom is -0.237 e. The highest BCUT2D eigenvalue weighted by Gasteiger charge is 2.14. The van der Waals surface area contributed by atoms with Gasteiger partial charge in [0.25, 0.3) is 0 Å². The van der Waals surface area contributed by atoms with Gasteiger partial charge < -0.3 is 0 Å². The molecule has 2 rings (SSSR count). The molecule has 18 heavy (non-hydrogen) atoms. The van der Waals surface area contributed by atoms with Crippen LogP contribution in [0.2, 0.25) is 0 Å². The minimum absolute atomic E-state index is 0.258. The van der Waals surface area contributed by atoms with Gasteiger partial charge in [-0.1, -0.05) is 24.3 Å². The van der Waals surface area contributed by atoms with Gasteiger partial charge >= 0.3 is 0 Å². The molecule has 0 bridgehead atoms. The third-order valence-corrected chi connectivity index (χ3v) is 2.80. The van der Waals surface area contributed by atoms with Gasteiger partial charge in [-0.15, -0.1) is 0 Å². The van der Waals surface area contributed by atoms with E-state index in [1.54, 1.807) is 37.3 Å². The average Bonchev–Trinajstić information content (AvgIpc) is 2.41. The van der Waals surface area contributed by atoms with Crippen molar-refractivity contribution in [3.8, 4) is 6.07 Å². The molecule has 0 saturated carbocycles. The van der Waals surface area contributed by atoms with Crippen LogP contribution in [0.15, 0.2) is 42.5 Å². The maximum atomic E-state index is 14.2. The van der Waals surface area contributed by atoms with Crippen LogP contribution in [0.3, 0.4) is 0 Å². The molecule has 3 heteroatoms. The summed E-state index contributed by atoms with van der Waals surface area (Å²) in [5, 5.41) is 8.76. The fraction of sp³-hybridized carbons (Fsp3) is 0.133. The summed E-state index contributed by atoms with van der Waals surface area (Å²) in [5.41, 5.74) is 1.49. The monoisotopic (exact) mass is 243 g/mol. The van der Waals surface area contributed by atoms with E-state index in [1.165, 1.54) is 12.1 Å². The van der Waals surface area contributed by atoms with Gasteiger partial charge in [-0.25, -0.2) is 8.78 Å². The Morgan fingerprint density at radius 1 is 1.11 bits per heavy atom. The molecule has 0 spiro atoms. The highest BCUT2D eigenvalue weighted by molar-refractivity contribution is 5.38.